The maximum absolute atomic E-state index is 15.2. The van der Waals surface area contributed by atoms with Gasteiger partial charge in [-0.05, 0) is 38.8 Å². The molecule has 1 unspecified atom stereocenters. The summed E-state index contributed by atoms with van der Waals surface area (Å²) in [5.74, 6) is -1.58. The summed E-state index contributed by atoms with van der Waals surface area (Å²) < 4.78 is 22.6. The molecule has 1 aromatic carbocycles. The van der Waals surface area contributed by atoms with Gasteiger partial charge in [0, 0.05) is 31.4 Å². The number of rotatable bonds is 5. The summed E-state index contributed by atoms with van der Waals surface area (Å²) in [6.45, 7) is 1.33. The van der Waals surface area contributed by atoms with Crippen molar-refractivity contribution in [2.24, 2.45) is 0 Å². The zero-order chi connectivity index (χ0) is 20.0. The zero-order valence-electron chi connectivity index (χ0n) is 18.0. The number of nitrogens with one attached hydrogen (secondary N) is 1. The van der Waals surface area contributed by atoms with E-state index >= 15 is 4.39 Å². The summed E-state index contributed by atoms with van der Waals surface area (Å²) in [5, 5.41) is 12.7. The molecule has 0 spiro atoms. The van der Waals surface area contributed by atoms with E-state index in [0.717, 1.165) is 25.7 Å². The quantitative estimate of drug-likeness (QED) is 0.574. The Bertz CT molecular complexity index is 1010. The Labute approximate surface area is 183 Å². The average molecular weight is 461 g/mol. The molecule has 1 atom stereocenters. The number of anilines is 1. The van der Waals surface area contributed by atoms with Crippen LogP contribution in [0.25, 0.3) is 10.9 Å². The normalized spacial score (nSPS) is 17.3. The van der Waals surface area contributed by atoms with Crippen molar-refractivity contribution < 1.29 is 40.9 Å². The number of aromatic carboxylic acids is 1. The molecule has 2 fully saturated rings. The molecule has 32 heavy (non-hydrogen) atoms. The van der Waals surface area contributed by atoms with E-state index in [2.05, 4.69) is 5.32 Å². The molecule has 1 aromatic heterocycles. The first kappa shape index (κ1) is 29.2. The van der Waals surface area contributed by atoms with Crippen LogP contribution in [0.2, 0.25) is 0 Å². The summed E-state index contributed by atoms with van der Waals surface area (Å²) >= 11 is 0. The highest BCUT2D eigenvalue weighted by Gasteiger charge is 2.32. The number of benzene rings is 1. The van der Waals surface area contributed by atoms with E-state index in [0.29, 0.717) is 30.0 Å². The predicted molar refractivity (Wildman–Crippen MR) is 119 cm³/mol. The number of piperidine rings is 1. The van der Waals surface area contributed by atoms with Gasteiger partial charge in [0.2, 0.25) is 5.43 Å². The summed E-state index contributed by atoms with van der Waals surface area (Å²) in [7, 11) is 3.35. The summed E-state index contributed by atoms with van der Waals surface area (Å²) in [6, 6.07) is 1.51. The van der Waals surface area contributed by atoms with Crippen molar-refractivity contribution in [3.05, 3.63) is 33.9 Å². The smallest absolute Gasteiger partial charge is 0.341 e. The van der Waals surface area contributed by atoms with Gasteiger partial charge in [-0.1, -0.05) is 0 Å². The van der Waals surface area contributed by atoms with Crippen molar-refractivity contribution >= 4 is 22.6 Å². The molecular weight excluding hydrogens is 429 g/mol. The van der Waals surface area contributed by atoms with E-state index in [1.807, 2.05) is 11.9 Å². The van der Waals surface area contributed by atoms with Crippen LogP contribution in [0.4, 0.5) is 10.1 Å². The van der Waals surface area contributed by atoms with Crippen molar-refractivity contribution in [2.75, 3.05) is 32.1 Å². The van der Waals surface area contributed by atoms with E-state index in [1.54, 1.807) is 4.57 Å². The number of carboxylic acids is 1. The third-order valence-corrected chi connectivity index (χ3v) is 5.72. The Balaban J connectivity index is 0.00000240. The van der Waals surface area contributed by atoms with Crippen molar-refractivity contribution in [1.29, 1.82) is 0 Å². The van der Waals surface area contributed by atoms with Gasteiger partial charge in [0.25, 0.3) is 0 Å². The van der Waals surface area contributed by atoms with Gasteiger partial charge in [-0.3, -0.25) is 4.79 Å². The predicted octanol–water partition coefficient (Wildman–Crippen LogP) is -0.928. The molecule has 2 aliphatic rings. The third-order valence-electron chi connectivity index (χ3n) is 5.72. The number of ether oxygens (including phenoxy) is 1. The van der Waals surface area contributed by atoms with E-state index in [-0.39, 0.29) is 44.9 Å². The highest BCUT2D eigenvalue weighted by molar-refractivity contribution is 5.97. The van der Waals surface area contributed by atoms with Gasteiger partial charge in [0.1, 0.15) is 11.3 Å². The van der Waals surface area contributed by atoms with Crippen LogP contribution in [0.3, 0.4) is 0 Å². The van der Waals surface area contributed by atoms with Gasteiger partial charge in [0.15, 0.2) is 11.6 Å². The van der Waals surface area contributed by atoms with E-state index in [9.17, 15) is 14.7 Å². The molecule has 4 rings (SSSR count). The summed E-state index contributed by atoms with van der Waals surface area (Å²) in [5.41, 5.74) is -0.216. The Morgan fingerprint density at radius 1 is 1.22 bits per heavy atom. The topological polar surface area (TPSA) is 210 Å². The van der Waals surface area contributed by atoms with Crippen LogP contribution < -0.4 is 20.4 Å². The molecule has 1 saturated heterocycles. The minimum Gasteiger partial charge on any atom is -0.492 e. The van der Waals surface area contributed by atoms with Crippen LogP contribution in [-0.4, -0.2) is 70.8 Å². The van der Waals surface area contributed by atoms with Crippen LogP contribution in [0.5, 0.6) is 5.75 Å². The summed E-state index contributed by atoms with van der Waals surface area (Å²) in [4.78, 5) is 26.2. The van der Waals surface area contributed by atoms with Gasteiger partial charge >= 0.3 is 5.97 Å². The second kappa shape index (κ2) is 11.2. The molecule has 11 nitrogen and oxygen atoms in total. The maximum atomic E-state index is 15.2. The van der Waals surface area contributed by atoms with Crippen LogP contribution in [0.15, 0.2) is 17.1 Å². The number of carbonyl (C=O) groups is 1. The lowest BCUT2D eigenvalue weighted by Crippen LogP contribution is -2.45. The molecule has 0 radical (unpaired) electrons. The molecule has 1 aliphatic carbocycles. The first-order valence-corrected chi connectivity index (χ1v) is 9.57. The standard InChI is InChI=1S/C20H24FN3O4.4H2O/c1-22-11-4-3-7-23(9-11)17-15(21)8-13-16(19(17)28-2)24(12-5-6-12)10-14(18(13)25)20(26)27;;;;/h8,10-12,22H,3-7,9H2,1-2H3,(H,26,27);4*1H2. The van der Waals surface area contributed by atoms with Crippen LogP contribution in [-0.2, 0) is 0 Å². The number of aromatic nitrogens is 1. The summed E-state index contributed by atoms with van der Waals surface area (Å²) in [6.07, 6.45) is 5.08. The molecule has 0 amide bonds. The van der Waals surface area contributed by atoms with Crippen LogP contribution in [0.1, 0.15) is 42.1 Å². The molecule has 12 heteroatoms. The number of nitrogens with zero attached hydrogens (tertiary/aromatic N) is 2. The number of carboxylic acid groups (broad SMARTS) is 1. The highest BCUT2D eigenvalue weighted by Crippen LogP contribution is 2.44. The fraction of sp³-hybridized carbons (Fsp3) is 0.500. The number of pyridine rings is 1. The van der Waals surface area contributed by atoms with Crippen molar-refractivity contribution in [2.45, 2.75) is 37.8 Å². The minimum absolute atomic E-state index is 0. The fourth-order valence-corrected chi connectivity index (χ4v) is 4.14. The van der Waals surface area contributed by atoms with Crippen molar-refractivity contribution in [3.8, 4) is 5.75 Å². The van der Waals surface area contributed by atoms with E-state index in [4.69, 9.17) is 4.74 Å². The lowest BCUT2D eigenvalue weighted by molar-refractivity contribution is 0.0694. The molecule has 10 N–H and O–H groups in total. The first-order valence-electron chi connectivity index (χ1n) is 9.57. The average Bonchev–Trinajstić information content (AvgIpc) is 3.52. The Morgan fingerprint density at radius 2 is 1.88 bits per heavy atom. The van der Waals surface area contributed by atoms with E-state index < -0.39 is 17.2 Å². The van der Waals surface area contributed by atoms with Gasteiger partial charge in [-0.2, -0.15) is 0 Å². The number of likely N-dealkylation sites (N-methyl/N-ethyl adjacent to an activating group) is 1. The van der Waals surface area contributed by atoms with Crippen LogP contribution >= 0.6 is 0 Å². The number of hydrogen-bond donors (Lipinski definition) is 2. The maximum Gasteiger partial charge on any atom is 0.341 e. The number of methoxy groups -OCH3 is 1. The van der Waals surface area contributed by atoms with Crippen molar-refractivity contribution in [3.63, 3.8) is 0 Å². The molecule has 1 aliphatic heterocycles. The Morgan fingerprint density at radius 3 is 2.41 bits per heavy atom. The zero-order valence-corrected chi connectivity index (χ0v) is 18.0. The SMILES string of the molecule is CNC1CCCN(c2c(F)cc3c(=O)c(C(=O)O)cn(C4CC4)c3c2OC)C1.O.O.O.O. The number of hydrogen-bond acceptors (Lipinski definition) is 5. The van der Waals surface area contributed by atoms with Crippen LogP contribution in [0, 0.1) is 5.82 Å². The number of fused-ring (bicyclic) bond motifs is 1. The molecule has 0 bridgehead atoms. The van der Waals surface area contributed by atoms with Gasteiger partial charge < -0.3 is 46.5 Å². The fourth-order valence-electron chi connectivity index (χ4n) is 4.14. The lowest BCUT2D eigenvalue weighted by Gasteiger charge is -2.35. The lowest BCUT2D eigenvalue weighted by atomic mass is 10.0. The largest absolute Gasteiger partial charge is 0.492 e. The van der Waals surface area contributed by atoms with Gasteiger partial charge in [0.05, 0.1) is 18.0 Å². The molecular formula is C20H32FN3O8. The molecule has 1 saturated carbocycles. The monoisotopic (exact) mass is 461 g/mol. The van der Waals surface area contributed by atoms with Gasteiger partial charge in [-0.25, -0.2) is 9.18 Å². The third kappa shape index (κ3) is 4.84. The van der Waals surface area contributed by atoms with E-state index in [1.165, 1.54) is 19.4 Å². The molecule has 2 heterocycles. The second-order valence-corrected chi connectivity index (χ2v) is 7.53. The molecule has 182 valence electrons. The highest BCUT2D eigenvalue weighted by atomic mass is 19.1. The van der Waals surface area contributed by atoms with Gasteiger partial charge in [-0.15, -0.1) is 0 Å². The Kier molecular flexibility index (Phi) is 10.2. The molecule has 2 aromatic rings. The Hall–Kier alpha value is -2.77. The minimum atomic E-state index is -1.31. The second-order valence-electron chi connectivity index (χ2n) is 7.53. The first-order chi connectivity index (χ1) is 13.5. The van der Waals surface area contributed by atoms with Crippen molar-refractivity contribution in [1.82, 2.24) is 9.88 Å². The number of halogens is 1.